The first-order valence-corrected chi connectivity index (χ1v) is 14.8. The Kier molecular flexibility index (Phi) is 5.56. The highest BCUT2D eigenvalue weighted by atomic mass is 16.5. The second-order valence-corrected chi connectivity index (χ2v) is 11.2. The summed E-state index contributed by atoms with van der Waals surface area (Å²) in [4.78, 5) is 15.1. The van der Waals surface area contributed by atoms with Crippen molar-refractivity contribution in [2.24, 2.45) is 0 Å². The lowest BCUT2D eigenvalue weighted by atomic mass is 9.80. The molecule has 7 aromatic rings. The van der Waals surface area contributed by atoms with Crippen LogP contribution >= 0.6 is 0 Å². The van der Waals surface area contributed by atoms with Gasteiger partial charge in [-0.2, -0.15) is 0 Å². The van der Waals surface area contributed by atoms with E-state index in [-0.39, 0.29) is 12.0 Å². The molecule has 2 unspecified atom stereocenters. The number of benzene rings is 5. The van der Waals surface area contributed by atoms with Crippen molar-refractivity contribution in [1.82, 2.24) is 15.0 Å². The highest BCUT2D eigenvalue weighted by Crippen LogP contribution is 2.49. The fourth-order valence-electron chi connectivity index (χ4n) is 6.42. The van der Waals surface area contributed by atoms with Crippen molar-refractivity contribution >= 4 is 33.1 Å². The van der Waals surface area contributed by atoms with Gasteiger partial charge in [0.15, 0.2) is 17.5 Å². The van der Waals surface area contributed by atoms with Gasteiger partial charge in [0.1, 0.15) is 23.0 Å². The maximum atomic E-state index is 6.57. The van der Waals surface area contributed by atoms with Crippen LogP contribution in [0.15, 0.2) is 144 Å². The van der Waals surface area contributed by atoms with E-state index in [9.17, 15) is 0 Å². The van der Waals surface area contributed by atoms with Crippen LogP contribution in [0.25, 0.3) is 55.9 Å². The summed E-state index contributed by atoms with van der Waals surface area (Å²) in [6.07, 6.45) is 4.23. The second kappa shape index (κ2) is 9.89. The molecule has 5 heteroatoms. The third-order valence-corrected chi connectivity index (χ3v) is 8.51. The number of rotatable bonds is 4. The minimum Gasteiger partial charge on any atom is -0.485 e. The Morgan fingerprint density at radius 2 is 1.16 bits per heavy atom. The van der Waals surface area contributed by atoms with E-state index in [0.29, 0.717) is 17.5 Å². The lowest BCUT2D eigenvalue weighted by molar-refractivity contribution is 0.272. The molecule has 1 aliphatic heterocycles. The number of hydrogen-bond acceptors (Lipinski definition) is 5. The molecule has 0 N–H and O–H groups in total. The van der Waals surface area contributed by atoms with Crippen molar-refractivity contribution in [2.75, 3.05) is 0 Å². The van der Waals surface area contributed by atoms with Crippen LogP contribution < -0.4 is 4.74 Å². The van der Waals surface area contributed by atoms with Crippen LogP contribution in [0.4, 0.5) is 0 Å². The summed E-state index contributed by atoms with van der Waals surface area (Å²) in [5, 5.41) is 2.22. The molecule has 9 rings (SSSR count). The van der Waals surface area contributed by atoms with E-state index in [1.54, 1.807) is 0 Å². The van der Waals surface area contributed by atoms with Gasteiger partial charge in [0.25, 0.3) is 0 Å². The molecule has 44 heavy (non-hydrogen) atoms. The topological polar surface area (TPSA) is 61.0 Å². The van der Waals surface area contributed by atoms with Crippen LogP contribution in [0.1, 0.15) is 22.9 Å². The predicted octanol–water partition coefficient (Wildman–Crippen LogP) is 9.13. The molecular formula is C39H25N3O2. The Bertz CT molecular complexity index is 2210. The van der Waals surface area contributed by atoms with Gasteiger partial charge in [0, 0.05) is 33.0 Å². The molecule has 208 valence electrons. The van der Waals surface area contributed by atoms with E-state index in [1.807, 2.05) is 91.0 Å². The lowest BCUT2D eigenvalue weighted by Crippen LogP contribution is -2.22. The Balaban J connectivity index is 1.25. The molecule has 0 saturated heterocycles. The standard InChI is InChI=1S/C39H25N3O2/c1-3-11-24(12-4-1)37-40-38(25-13-5-2-6-14-25)42-39(41-37)31-21-27(23-35-36(31)30-16-8-10-18-33(30)44-35)26-19-20-29-28-15-7-9-17-32(28)43-34(29)22-26/h1-23,35-36H. The Hall–Kier alpha value is -5.81. The molecule has 3 heterocycles. The van der Waals surface area contributed by atoms with E-state index in [1.165, 1.54) is 0 Å². The lowest BCUT2D eigenvalue weighted by Gasteiger charge is -2.25. The van der Waals surface area contributed by atoms with E-state index in [2.05, 4.69) is 48.6 Å². The zero-order valence-corrected chi connectivity index (χ0v) is 23.6. The van der Waals surface area contributed by atoms with Gasteiger partial charge in [-0.1, -0.05) is 103 Å². The molecule has 0 fully saturated rings. The first-order valence-electron chi connectivity index (χ1n) is 14.8. The molecule has 0 saturated carbocycles. The number of ether oxygens (including phenoxy) is 1. The van der Waals surface area contributed by atoms with Gasteiger partial charge in [0.05, 0.1) is 5.92 Å². The first-order chi connectivity index (χ1) is 21.8. The summed E-state index contributed by atoms with van der Waals surface area (Å²) in [5.74, 6) is 2.75. The van der Waals surface area contributed by atoms with Crippen molar-refractivity contribution in [3.63, 3.8) is 0 Å². The molecule has 0 radical (unpaired) electrons. The molecule has 0 spiro atoms. The normalized spacial score (nSPS) is 17.1. The number of allylic oxidation sites excluding steroid dienone is 2. The van der Waals surface area contributed by atoms with Gasteiger partial charge in [-0.15, -0.1) is 0 Å². The third kappa shape index (κ3) is 4.05. The van der Waals surface area contributed by atoms with Gasteiger partial charge in [-0.25, -0.2) is 15.0 Å². The van der Waals surface area contributed by atoms with Crippen LogP contribution in [-0.2, 0) is 0 Å². The van der Waals surface area contributed by atoms with Crippen LogP contribution in [0.2, 0.25) is 0 Å². The summed E-state index contributed by atoms with van der Waals surface area (Å²) >= 11 is 0. The van der Waals surface area contributed by atoms with Crippen LogP contribution in [0.5, 0.6) is 5.75 Å². The molecule has 2 aliphatic rings. The molecular weight excluding hydrogens is 542 g/mol. The van der Waals surface area contributed by atoms with E-state index >= 15 is 0 Å². The van der Waals surface area contributed by atoms with Gasteiger partial charge >= 0.3 is 0 Å². The van der Waals surface area contributed by atoms with Crippen LogP contribution in [-0.4, -0.2) is 21.1 Å². The molecule has 1 aliphatic carbocycles. The molecule has 2 aromatic heterocycles. The third-order valence-electron chi connectivity index (χ3n) is 8.51. The number of furan rings is 1. The predicted molar refractivity (Wildman–Crippen MR) is 174 cm³/mol. The fraction of sp³-hybridized carbons (Fsp3) is 0.0513. The number of hydrogen-bond donors (Lipinski definition) is 0. The Morgan fingerprint density at radius 1 is 0.523 bits per heavy atom. The first kappa shape index (κ1) is 24.8. The highest BCUT2D eigenvalue weighted by Gasteiger charge is 2.40. The number of para-hydroxylation sites is 2. The van der Waals surface area contributed by atoms with Crippen molar-refractivity contribution < 1.29 is 9.15 Å². The van der Waals surface area contributed by atoms with E-state index < -0.39 is 0 Å². The molecule has 2 atom stereocenters. The summed E-state index contributed by atoms with van der Waals surface area (Å²) < 4.78 is 12.8. The van der Waals surface area contributed by atoms with Gasteiger partial charge < -0.3 is 9.15 Å². The zero-order valence-electron chi connectivity index (χ0n) is 23.6. The average molecular weight is 568 g/mol. The summed E-state index contributed by atoms with van der Waals surface area (Å²) in [7, 11) is 0. The monoisotopic (exact) mass is 567 g/mol. The van der Waals surface area contributed by atoms with Gasteiger partial charge in [0.2, 0.25) is 0 Å². The maximum Gasteiger partial charge on any atom is 0.164 e. The van der Waals surface area contributed by atoms with E-state index in [0.717, 1.165) is 61.1 Å². The van der Waals surface area contributed by atoms with E-state index in [4.69, 9.17) is 24.1 Å². The minimum absolute atomic E-state index is 0.0560. The molecule has 0 amide bonds. The number of fused-ring (bicyclic) bond motifs is 6. The summed E-state index contributed by atoms with van der Waals surface area (Å²) in [5.41, 5.74) is 7.84. The van der Waals surface area contributed by atoms with Crippen LogP contribution in [0.3, 0.4) is 0 Å². The fourth-order valence-corrected chi connectivity index (χ4v) is 6.42. The summed E-state index contributed by atoms with van der Waals surface area (Å²) in [6.45, 7) is 0. The van der Waals surface area contributed by atoms with Crippen molar-refractivity contribution in [3.8, 4) is 28.5 Å². The summed E-state index contributed by atoms with van der Waals surface area (Å²) in [6, 6.07) is 43.0. The molecule has 0 bridgehead atoms. The second-order valence-electron chi connectivity index (χ2n) is 11.2. The van der Waals surface area contributed by atoms with Crippen molar-refractivity contribution in [3.05, 3.63) is 156 Å². The maximum absolute atomic E-state index is 6.57. The van der Waals surface area contributed by atoms with Gasteiger partial charge in [-0.3, -0.25) is 0 Å². The Morgan fingerprint density at radius 3 is 1.93 bits per heavy atom. The number of aromatic nitrogens is 3. The van der Waals surface area contributed by atoms with Gasteiger partial charge in [-0.05, 0) is 47.6 Å². The average Bonchev–Trinajstić information content (AvgIpc) is 3.66. The van der Waals surface area contributed by atoms with Crippen molar-refractivity contribution in [2.45, 2.75) is 12.0 Å². The van der Waals surface area contributed by atoms with Crippen LogP contribution in [0, 0.1) is 0 Å². The molecule has 5 aromatic carbocycles. The SMILES string of the molecule is C1=C(c2ccc3c(c2)oc2ccccc23)C=C(c2nc(-c3ccccc3)nc(-c3ccccc3)n2)C2c3ccccc3OC12. The smallest absolute Gasteiger partial charge is 0.164 e. The largest absolute Gasteiger partial charge is 0.485 e. The van der Waals surface area contributed by atoms with Crippen molar-refractivity contribution in [1.29, 1.82) is 0 Å². The zero-order chi connectivity index (χ0) is 29.0. The Labute approximate surface area is 253 Å². The quantitative estimate of drug-likeness (QED) is 0.212. The molecule has 5 nitrogen and oxygen atoms in total. The minimum atomic E-state index is -0.203. The number of nitrogens with zero attached hydrogens (tertiary/aromatic N) is 3. The highest BCUT2D eigenvalue weighted by molar-refractivity contribution is 6.06.